The average molecular weight is 575 g/mol. The van der Waals surface area contributed by atoms with E-state index in [9.17, 15) is 0 Å². The largest absolute Gasteiger partial charge is 0.456 e. The summed E-state index contributed by atoms with van der Waals surface area (Å²) in [4.78, 5) is 4.41. The quantitative estimate of drug-likeness (QED) is 0.197. The minimum atomic E-state index is -2.12. The molecule has 0 amide bonds. The molecule has 0 spiro atoms. The van der Waals surface area contributed by atoms with Gasteiger partial charge in [-0.15, -0.1) is 11.3 Å². The number of thiophene rings is 1. The lowest BCUT2D eigenvalue weighted by molar-refractivity contribution is 0.671. The molecule has 5 heteroatoms. The number of pyridine rings is 1. The van der Waals surface area contributed by atoms with Gasteiger partial charge >= 0.3 is 0 Å². The number of hydrogen-bond acceptors (Lipinski definition) is 3. The highest BCUT2D eigenvalue weighted by atomic mass is 32.1. The van der Waals surface area contributed by atoms with Crippen molar-refractivity contribution in [3.8, 4) is 5.69 Å². The third kappa shape index (κ3) is 3.29. The third-order valence-corrected chi connectivity index (χ3v) is 13.6. The van der Waals surface area contributed by atoms with Crippen LogP contribution in [0.15, 0.2) is 126 Å². The van der Waals surface area contributed by atoms with Crippen molar-refractivity contribution in [1.29, 1.82) is 0 Å². The fourth-order valence-electron chi connectivity index (χ4n) is 6.78. The maximum absolute atomic E-state index is 6.50. The fraction of sp³-hybridized carbons (Fsp3) is 0.0541. The Balaban J connectivity index is 1.26. The van der Waals surface area contributed by atoms with Crippen LogP contribution < -0.4 is 10.4 Å². The molecule has 0 atom stereocenters. The molecular weight excluding hydrogens is 549 g/mol. The van der Waals surface area contributed by atoms with E-state index in [1.165, 1.54) is 68.8 Å². The zero-order valence-electron chi connectivity index (χ0n) is 23.3. The number of rotatable bonds is 3. The molecule has 42 heavy (non-hydrogen) atoms. The van der Waals surface area contributed by atoms with Gasteiger partial charge in [-0.1, -0.05) is 85.0 Å². The highest BCUT2D eigenvalue weighted by Gasteiger charge is 2.30. The third-order valence-electron chi connectivity index (χ3n) is 8.98. The normalized spacial score (nSPS) is 12.5. The van der Waals surface area contributed by atoms with Crippen LogP contribution in [0.2, 0.25) is 13.1 Å². The topological polar surface area (TPSA) is 31.0 Å². The minimum Gasteiger partial charge on any atom is -0.456 e. The van der Waals surface area contributed by atoms with E-state index < -0.39 is 8.07 Å². The van der Waals surface area contributed by atoms with Crippen molar-refractivity contribution in [3.63, 3.8) is 0 Å². The van der Waals surface area contributed by atoms with E-state index in [2.05, 4.69) is 126 Å². The molecule has 0 aliphatic heterocycles. The lowest BCUT2D eigenvalue weighted by atomic mass is 10.1. The van der Waals surface area contributed by atoms with Gasteiger partial charge in [-0.05, 0) is 47.7 Å². The Morgan fingerprint density at radius 3 is 2.36 bits per heavy atom. The molecule has 0 unspecified atom stereocenters. The Bertz CT molecular complexity index is 2520. The Morgan fingerprint density at radius 1 is 0.643 bits per heavy atom. The number of fused-ring (bicyclic) bond motifs is 9. The first-order valence-electron chi connectivity index (χ1n) is 14.3. The molecule has 4 heterocycles. The van der Waals surface area contributed by atoms with E-state index in [-0.39, 0.29) is 0 Å². The van der Waals surface area contributed by atoms with Gasteiger partial charge in [0.25, 0.3) is 0 Å². The summed E-state index contributed by atoms with van der Waals surface area (Å²) in [6.45, 7) is 4.89. The molecule has 0 fully saturated rings. The second kappa shape index (κ2) is 8.65. The van der Waals surface area contributed by atoms with Gasteiger partial charge in [0.05, 0.1) is 11.0 Å². The van der Waals surface area contributed by atoms with E-state index in [0.29, 0.717) is 0 Å². The zero-order chi connectivity index (χ0) is 28.0. The maximum atomic E-state index is 6.50. The molecule has 0 aliphatic carbocycles. The number of para-hydroxylation sites is 3. The van der Waals surface area contributed by atoms with Gasteiger partial charge in [-0.2, -0.15) is 0 Å². The summed E-state index contributed by atoms with van der Waals surface area (Å²) < 4.78 is 11.5. The van der Waals surface area contributed by atoms with Crippen molar-refractivity contribution >= 4 is 93.7 Å². The smallest absolute Gasteiger partial charge is 0.135 e. The highest BCUT2D eigenvalue weighted by Crippen LogP contribution is 2.37. The first-order chi connectivity index (χ1) is 20.6. The number of furan rings is 1. The summed E-state index contributed by atoms with van der Waals surface area (Å²) in [6, 6.07) is 39.9. The van der Waals surface area contributed by atoms with Crippen molar-refractivity contribution in [2.45, 2.75) is 13.1 Å². The summed E-state index contributed by atoms with van der Waals surface area (Å²) in [5.74, 6) is 0. The monoisotopic (exact) mass is 574 g/mol. The first-order valence-corrected chi connectivity index (χ1v) is 18.1. The van der Waals surface area contributed by atoms with Crippen molar-refractivity contribution in [3.05, 3.63) is 122 Å². The van der Waals surface area contributed by atoms with Gasteiger partial charge in [-0.25, -0.2) is 0 Å². The molecule has 0 saturated carbocycles. The highest BCUT2D eigenvalue weighted by molar-refractivity contribution is 7.25. The Morgan fingerprint density at radius 2 is 1.43 bits per heavy atom. The van der Waals surface area contributed by atoms with Gasteiger partial charge < -0.3 is 8.98 Å². The molecule has 0 saturated heterocycles. The number of benzene rings is 5. The molecular formula is C37H26N2OSSi. The molecule has 0 N–H and O–H groups in total. The van der Waals surface area contributed by atoms with Crippen LogP contribution in [0.25, 0.3) is 69.6 Å². The van der Waals surface area contributed by atoms with Crippen LogP contribution in [0.4, 0.5) is 0 Å². The lowest BCUT2D eigenvalue weighted by Crippen LogP contribution is -2.53. The lowest BCUT2D eigenvalue weighted by Gasteiger charge is -2.24. The van der Waals surface area contributed by atoms with E-state index in [1.807, 2.05) is 29.8 Å². The summed E-state index contributed by atoms with van der Waals surface area (Å²) in [7, 11) is -2.12. The zero-order valence-corrected chi connectivity index (χ0v) is 25.1. The van der Waals surface area contributed by atoms with Crippen LogP contribution in [-0.4, -0.2) is 17.6 Å². The maximum Gasteiger partial charge on any atom is 0.135 e. The summed E-state index contributed by atoms with van der Waals surface area (Å²) in [6.07, 6.45) is 3.87. The number of nitrogens with zero attached hydrogens (tertiary/aromatic N) is 2. The van der Waals surface area contributed by atoms with Gasteiger partial charge in [0.15, 0.2) is 0 Å². The average Bonchev–Trinajstić information content (AvgIpc) is 3.69. The van der Waals surface area contributed by atoms with Crippen LogP contribution in [-0.2, 0) is 0 Å². The Hall–Kier alpha value is -4.71. The standard InChI is InChI=1S/C37H26N2OSSi/c1-42(2,36-13-7-10-27-26-9-4-6-12-33(26)40-37(27)36)24-15-16-32-28(21-24)25-8-3-5-11-31(25)39(32)23-14-17-34-29(20-23)30-22-38-19-18-35(30)41-34/h3-22H,1-2H3. The molecule has 0 radical (unpaired) electrons. The molecule has 9 aromatic rings. The predicted octanol–water partition coefficient (Wildman–Crippen LogP) is 9.27. The second-order valence-corrected chi connectivity index (χ2v) is 17.1. The van der Waals surface area contributed by atoms with E-state index in [4.69, 9.17) is 4.42 Å². The van der Waals surface area contributed by atoms with Crippen LogP contribution in [0, 0.1) is 0 Å². The van der Waals surface area contributed by atoms with Crippen molar-refractivity contribution < 1.29 is 4.42 Å². The summed E-state index contributed by atoms with van der Waals surface area (Å²) in [5, 5.41) is 10.2. The second-order valence-electron chi connectivity index (χ2n) is 11.6. The van der Waals surface area contributed by atoms with E-state index in [0.717, 1.165) is 11.2 Å². The van der Waals surface area contributed by atoms with Gasteiger partial charge in [0, 0.05) is 59.8 Å². The van der Waals surface area contributed by atoms with Gasteiger partial charge in [0.1, 0.15) is 19.2 Å². The molecule has 5 aromatic carbocycles. The van der Waals surface area contributed by atoms with Crippen LogP contribution in [0.5, 0.6) is 0 Å². The molecule has 4 aromatic heterocycles. The predicted molar refractivity (Wildman–Crippen MR) is 182 cm³/mol. The van der Waals surface area contributed by atoms with Gasteiger partial charge in [0.2, 0.25) is 0 Å². The Kier molecular flexibility index (Phi) is 4.93. The SMILES string of the molecule is C[Si](C)(c1ccc2c(c1)c1ccccc1n2-c1ccc2sc3ccncc3c2c1)c1cccc2c1oc1ccccc12. The van der Waals surface area contributed by atoms with Crippen LogP contribution >= 0.6 is 11.3 Å². The summed E-state index contributed by atoms with van der Waals surface area (Å²) in [5.41, 5.74) is 5.61. The van der Waals surface area contributed by atoms with Crippen LogP contribution in [0.1, 0.15) is 0 Å². The number of aromatic nitrogens is 2. The van der Waals surface area contributed by atoms with Crippen molar-refractivity contribution in [1.82, 2.24) is 9.55 Å². The molecule has 3 nitrogen and oxygen atoms in total. The first kappa shape index (κ1) is 23.9. The van der Waals surface area contributed by atoms with E-state index in [1.54, 1.807) is 0 Å². The van der Waals surface area contributed by atoms with E-state index >= 15 is 0 Å². The Labute approximate surface area is 247 Å². The van der Waals surface area contributed by atoms with Crippen LogP contribution in [0.3, 0.4) is 0 Å². The molecule has 200 valence electrons. The van der Waals surface area contributed by atoms with Gasteiger partial charge in [-0.3, -0.25) is 4.98 Å². The fourth-order valence-corrected chi connectivity index (χ4v) is 10.4. The molecule has 9 rings (SSSR count). The molecule has 0 bridgehead atoms. The van der Waals surface area contributed by atoms with Crippen molar-refractivity contribution in [2.24, 2.45) is 0 Å². The summed E-state index contributed by atoms with van der Waals surface area (Å²) >= 11 is 1.83. The molecule has 0 aliphatic rings. The minimum absolute atomic E-state index is 0.953. The van der Waals surface area contributed by atoms with Crippen molar-refractivity contribution in [2.75, 3.05) is 0 Å². The number of hydrogen-bond donors (Lipinski definition) is 0.